The third kappa shape index (κ3) is 3.69. The summed E-state index contributed by atoms with van der Waals surface area (Å²) in [5.41, 5.74) is 1.26. The van der Waals surface area contributed by atoms with Crippen molar-refractivity contribution in [3.63, 3.8) is 0 Å². The van der Waals surface area contributed by atoms with E-state index in [1.54, 1.807) is 12.4 Å². The molecule has 0 amide bonds. The number of carbonyl (C=O) groups is 1. The lowest BCUT2D eigenvalue weighted by molar-refractivity contribution is -0.121. The summed E-state index contributed by atoms with van der Waals surface area (Å²) in [5, 5.41) is 0. The molecule has 0 radical (unpaired) electrons. The number of aryl methyl sites for hydroxylation is 1. The van der Waals surface area contributed by atoms with Gasteiger partial charge in [-0.3, -0.25) is 9.78 Å². The Hall–Kier alpha value is -1.18. The Balaban J connectivity index is 2.26. The summed E-state index contributed by atoms with van der Waals surface area (Å²) in [5.74, 6) is 0.534. The van der Waals surface area contributed by atoms with Crippen LogP contribution >= 0.6 is 0 Å². The van der Waals surface area contributed by atoms with Gasteiger partial charge in [0.1, 0.15) is 5.78 Å². The van der Waals surface area contributed by atoms with Crippen LogP contribution in [-0.4, -0.2) is 10.8 Å². The fraction of sp³-hybridized carbons (Fsp3) is 0.500. The van der Waals surface area contributed by atoms with Crippen LogP contribution in [0, 0.1) is 5.92 Å². The van der Waals surface area contributed by atoms with Crippen LogP contribution in [0.5, 0.6) is 0 Å². The lowest BCUT2D eigenvalue weighted by Gasteiger charge is -2.03. The molecular weight excluding hydrogens is 174 g/mol. The van der Waals surface area contributed by atoms with Crippen LogP contribution in [0.25, 0.3) is 0 Å². The monoisotopic (exact) mass is 191 g/mol. The van der Waals surface area contributed by atoms with Gasteiger partial charge in [0.25, 0.3) is 0 Å². The van der Waals surface area contributed by atoms with Crippen molar-refractivity contribution in [3.05, 3.63) is 30.1 Å². The smallest absolute Gasteiger partial charge is 0.135 e. The predicted octanol–water partition coefficient (Wildman–Crippen LogP) is 2.63. The molecule has 14 heavy (non-hydrogen) atoms. The second kappa shape index (κ2) is 5.53. The van der Waals surface area contributed by atoms with Crippen molar-refractivity contribution >= 4 is 5.78 Å². The number of Topliss-reactive ketones (excluding diaryl/α,β-unsaturated/α-hetero) is 1. The average Bonchev–Trinajstić information content (AvgIpc) is 2.19. The number of rotatable bonds is 5. The number of hydrogen-bond donors (Lipinski definition) is 0. The van der Waals surface area contributed by atoms with E-state index >= 15 is 0 Å². The topological polar surface area (TPSA) is 30.0 Å². The first-order valence-electron chi connectivity index (χ1n) is 5.12. The Morgan fingerprint density at radius 1 is 1.36 bits per heavy atom. The van der Waals surface area contributed by atoms with E-state index in [1.807, 2.05) is 26.0 Å². The van der Waals surface area contributed by atoms with Crippen LogP contribution in [0.15, 0.2) is 24.5 Å². The summed E-state index contributed by atoms with van der Waals surface area (Å²) in [6.07, 6.45) is 6.20. The van der Waals surface area contributed by atoms with Crippen molar-refractivity contribution in [2.45, 2.75) is 33.1 Å². The molecule has 0 atom stereocenters. The molecule has 0 saturated carbocycles. The highest BCUT2D eigenvalue weighted by Gasteiger charge is 2.05. The zero-order chi connectivity index (χ0) is 10.4. The number of ketones is 1. The quantitative estimate of drug-likeness (QED) is 0.716. The summed E-state index contributed by atoms with van der Waals surface area (Å²) in [6.45, 7) is 3.91. The molecule has 1 rings (SSSR count). The van der Waals surface area contributed by atoms with Gasteiger partial charge in [0.05, 0.1) is 0 Å². The molecule has 0 saturated heterocycles. The molecular formula is C12H17NO. The molecule has 1 heterocycles. The maximum Gasteiger partial charge on any atom is 0.135 e. The minimum Gasteiger partial charge on any atom is -0.299 e. The second-order valence-corrected chi connectivity index (χ2v) is 3.83. The zero-order valence-corrected chi connectivity index (χ0v) is 8.86. The number of hydrogen-bond acceptors (Lipinski definition) is 2. The Morgan fingerprint density at radius 2 is 2.00 bits per heavy atom. The molecule has 0 aliphatic heterocycles. The third-order valence-electron chi connectivity index (χ3n) is 2.28. The number of carbonyl (C=O) groups excluding carboxylic acids is 1. The molecule has 76 valence electrons. The van der Waals surface area contributed by atoms with Crippen LogP contribution in [0.1, 0.15) is 32.3 Å². The van der Waals surface area contributed by atoms with Gasteiger partial charge in [-0.25, -0.2) is 0 Å². The van der Waals surface area contributed by atoms with Gasteiger partial charge in [0.15, 0.2) is 0 Å². The Bertz CT molecular complexity index is 280. The maximum atomic E-state index is 11.3. The summed E-state index contributed by atoms with van der Waals surface area (Å²) < 4.78 is 0. The first-order chi connectivity index (χ1) is 6.70. The Labute approximate surface area is 85.4 Å². The van der Waals surface area contributed by atoms with Gasteiger partial charge < -0.3 is 0 Å². The van der Waals surface area contributed by atoms with E-state index in [0.717, 1.165) is 12.8 Å². The molecule has 1 aromatic heterocycles. The van der Waals surface area contributed by atoms with Crippen LogP contribution in [0.3, 0.4) is 0 Å². The van der Waals surface area contributed by atoms with Crippen LogP contribution in [0.4, 0.5) is 0 Å². The van der Waals surface area contributed by atoms with Crippen molar-refractivity contribution < 1.29 is 4.79 Å². The van der Waals surface area contributed by atoms with Crippen molar-refractivity contribution in [1.29, 1.82) is 0 Å². The summed E-state index contributed by atoms with van der Waals surface area (Å²) in [6, 6.07) is 4.00. The van der Waals surface area contributed by atoms with E-state index in [1.165, 1.54) is 5.56 Å². The molecule has 0 aromatic carbocycles. The van der Waals surface area contributed by atoms with Crippen LogP contribution in [-0.2, 0) is 11.2 Å². The second-order valence-electron chi connectivity index (χ2n) is 3.83. The van der Waals surface area contributed by atoms with E-state index in [4.69, 9.17) is 0 Å². The first-order valence-corrected chi connectivity index (χ1v) is 5.12. The fourth-order valence-corrected chi connectivity index (χ4v) is 1.30. The minimum absolute atomic E-state index is 0.174. The molecule has 1 aromatic rings. The highest BCUT2D eigenvalue weighted by Crippen LogP contribution is 2.06. The highest BCUT2D eigenvalue weighted by molar-refractivity contribution is 5.80. The lowest BCUT2D eigenvalue weighted by Crippen LogP contribution is -2.06. The molecule has 0 bridgehead atoms. The van der Waals surface area contributed by atoms with Crippen LogP contribution < -0.4 is 0 Å². The summed E-state index contributed by atoms with van der Waals surface area (Å²) in [7, 11) is 0. The third-order valence-corrected chi connectivity index (χ3v) is 2.28. The standard InChI is InChI=1S/C12H17NO/c1-10(2)12(14)5-3-4-11-6-8-13-9-7-11/h6-10H,3-5H2,1-2H3. The van der Waals surface area contributed by atoms with Gasteiger partial charge in [-0.1, -0.05) is 13.8 Å². The van der Waals surface area contributed by atoms with Gasteiger partial charge in [0, 0.05) is 24.7 Å². The van der Waals surface area contributed by atoms with Gasteiger partial charge in [-0.15, -0.1) is 0 Å². The molecule has 0 aliphatic rings. The zero-order valence-electron chi connectivity index (χ0n) is 8.86. The molecule has 2 nitrogen and oxygen atoms in total. The molecule has 0 N–H and O–H groups in total. The van der Waals surface area contributed by atoms with Gasteiger partial charge in [-0.05, 0) is 30.5 Å². The molecule has 0 fully saturated rings. The van der Waals surface area contributed by atoms with E-state index < -0.39 is 0 Å². The number of nitrogens with zero attached hydrogens (tertiary/aromatic N) is 1. The van der Waals surface area contributed by atoms with Crippen molar-refractivity contribution in [3.8, 4) is 0 Å². The Morgan fingerprint density at radius 3 is 2.57 bits per heavy atom. The molecule has 0 unspecified atom stereocenters. The lowest BCUT2D eigenvalue weighted by atomic mass is 10.0. The highest BCUT2D eigenvalue weighted by atomic mass is 16.1. The summed E-state index contributed by atoms with van der Waals surface area (Å²) in [4.78, 5) is 15.3. The van der Waals surface area contributed by atoms with Crippen molar-refractivity contribution in [2.75, 3.05) is 0 Å². The maximum absolute atomic E-state index is 11.3. The SMILES string of the molecule is CC(C)C(=O)CCCc1ccncc1. The first kappa shape index (κ1) is 10.9. The molecule has 0 aliphatic carbocycles. The Kier molecular flexibility index (Phi) is 4.30. The van der Waals surface area contributed by atoms with Gasteiger partial charge in [0.2, 0.25) is 0 Å². The minimum atomic E-state index is 0.174. The molecule has 0 spiro atoms. The van der Waals surface area contributed by atoms with E-state index in [0.29, 0.717) is 12.2 Å². The van der Waals surface area contributed by atoms with Gasteiger partial charge in [-0.2, -0.15) is 0 Å². The van der Waals surface area contributed by atoms with Gasteiger partial charge >= 0.3 is 0 Å². The normalized spacial score (nSPS) is 10.5. The van der Waals surface area contributed by atoms with Crippen molar-refractivity contribution in [1.82, 2.24) is 4.98 Å². The number of pyridine rings is 1. The number of aromatic nitrogens is 1. The van der Waals surface area contributed by atoms with E-state index in [9.17, 15) is 4.79 Å². The summed E-state index contributed by atoms with van der Waals surface area (Å²) >= 11 is 0. The molecule has 2 heteroatoms. The predicted molar refractivity (Wildman–Crippen MR) is 57.0 cm³/mol. The average molecular weight is 191 g/mol. The largest absolute Gasteiger partial charge is 0.299 e. The van der Waals surface area contributed by atoms with Crippen LogP contribution in [0.2, 0.25) is 0 Å². The van der Waals surface area contributed by atoms with Crippen molar-refractivity contribution in [2.24, 2.45) is 5.92 Å². The fourth-order valence-electron chi connectivity index (χ4n) is 1.30. The van der Waals surface area contributed by atoms with E-state index in [-0.39, 0.29) is 5.92 Å². The van der Waals surface area contributed by atoms with E-state index in [2.05, 4.69) is 4.98 Å².